The molecule has 0 fully saturated rings. The van der Waals surface area contributed by atoms with Crippen LogP contribution in [0.3, 0.4) is 0 Å². The van der Waals surface area contributed by atoms with Crippen molar-refractivity contribution in [2.45, 2.75) is 5.92 Å². The Kier molecular flexibility index (Phi) is 4.08. The average Bonchev–Trinajstić information content (AvgIpc) is 3.10. The van der Waals surface area contributed by atoms with Crippen LogP contribution < -0.4 is 4.74 Å². The molecule has 0 amide bonds. The van der Waals surface area contributed by atoms with Gasteiger partial charge in [-0.15, -0.1) is 0 Å². The zero-order chi connectivity index (χ0) is 17.9. The minimum absolute atomic E-state index is 0.187. The number of ketones is 1. The minimum Gasteiger partial charge on any atom is -0.486 e. The highest BCUT2D eigenvalue weighted by atomic mass is 16.5. The molecule has 1 heterocycles. The molecule has 126 valence electrons. The second-order valence-corrected chi connectivity index (χ2v) is 5.97. The summed E-state index contributed by atoms with van der Waals surface area (Å²) >= 11 is 0. The van der Waals surface area contributed by atoms with Crippen molar-refractivity contribution in [1.29, 1.82) is 5.26 Å². The smallest absolute Gasteiger partial charge is 0.194 e. The topological polar surface area (TPSA) is 78.8 Å². The normalized spacial score (nSPS) is 12.0. The van der Waals surface area contributed by atoms with E-state index in [4.69, 9.17) is 4.74 Å². The maximum absolute atomic E-state index is 12.5. The van der Waals surface area contributed by atoms with Crippen LogP contribution in [-0.4, -0.2) is 22.4 Å². The number of aromatic amines is 1. The molecule has 0 unspecified atom stereocenters. The molecule has 0 radical (unpaired) electrons. The monoisotopic (exact) mass is 341 g/mol. The number of Topliss-reactive ketones (excluding diaryl/α,β-unsaturated/α-hetero) is 1. The van der Waals surface area contributed by atoms with Gasteiger partial charge in [0.25, 0.3) is 0 Å². The van der Waals surface area contributed by atoms with Crippen molar-refractivity contribution in [3.05, 3.63) is 72.6 Å². The minimum atomic E-state index is -0.983. The zero-order valence-electron chi connectivity index (χ0n) is 13.8. The number of hydrogen-bond acceptors (Lipinski definition) is 4. The first-order valence-electron chi connectivity index (χ1n) is 8.23. The Morgan fingerprint density at radius 1 is 1.08 bits per heavy atom. The van der Waals surface area contributed by atoms with E-state index < -0.39 is 5.92 Å². The van der Waals surface area contributed by atoms with E-state index in [0.29, 0.717) is 11.6 Å². The van der Waals surface area contributed by atoms with Gasteiger partial charge in [0.2, 0.25) is 0 Å². The Morgan fingerprint density at radius 2 is 1.85 bits per heavy atom. The Labute approximate surface area is 149 Å². The molecule has 0 saturated carbocycles. The van der Waals surface area contributed by atoms with Crippen LogP contribution in [0.5, 0.6) is 5.75 Å². The van der Waals surface area contributed by atoms with Gasteiger partial charge in [0.15, 0.2) is 11.7 Å². The molecule has 0 saturated heterocycles. The SMILES string of the molecule is N#C[C@@H](C(=O)COc1ccc2ccccc2c1)c1nc2ccccc2[nH]1. The number of carbonyl (C=O) groups is 1. The molecule has 1 N–H and O–H groups in total. The third kappa shape index (κ3) is 3.01. The number of aromatic nitrogens is 2. The summed E-state index contributed by atoms with van der Waals surface area (Å²) in [6.07, 6.45) is 0. The second-order valence-electron chi connectivity index (χ2n) is 5.97. The summed E-state index contributed by atoms with van der Waals surface area (Å²) in [7, 11) is 0. The molecular formula is C21H15N3O2. The maximum atomic E-state index is 12.5. The van der Waals surface area contributed by atoms with Crippen LogP contribution in [0.1, 0.15) is 11.7 Å². The van der Waals surface area contributed by atoms with E-state index in [-0.39, 0.29) is 12.4 Å². The van der Waals surface area contributed by atoms with Gasteiger partial charge in [-0.2, -0.15) is 5.26 Å². The molecule has 0 aliphatic rings. The van der Waals surface area contributed by atoms with Gasteiger partial charge in [0.05, 0.1) is 17.1 Å². The van der Waals surface area contributed by atoms with Crippen molar-refractivity contribution in [3.63, 3.8) is 0 Å². The number of nitrogens with zero attached hydrogens (tertiary/aromatic N) is 2. The van der Waals surface area contributed by atoms with Gasteiger partial charge in [-0.1, -0.05) is 42.5 Å². The fourth-order valence-corrected chi connectivity index (χ4v) is 2.89. The molecule has 26 heavy (non-hydrogen) atoms. The molecule has 5 heteroatoms. The lowest BCUT2D eigenvalue weighted by molar-refractivity contribution is -0.121. The number of carbonyl (C=O) groups excluding carboxylic acids is 1. The Morgan fingerprint density at radius 3 is 2.65 bits per heavy atom. The number of fused-ring (bicyclic) bond motifs is 2. The first-order valence-corrected chi connectivity index (χ1v) is 8.23. The molecule has 4 aromatic rings. The number of nitriles is 1. The van der Waals surface area contributed by atoms with Crippen molar-refractivity contribution in [2.75, 3.05) is 6.61 Å². The van der Waals surface area contributed by atoms with Crippen LogP contribution >= 0.6 is 0 Å². The summed E-state index contributed by atoms with van der Waals surface area (Å²) in [5, 5.41) is 11.6. The van der Waals surface area contributed by atoms with E-state index >= 15 is 0 Å². The number of imidazole rings is 1. The number of para-hydroxylation sites is 2. The molecule has 1 atom stereocenters. The van der Waals surface area contributed by atoms with Crippen molar-refractivity contribution in [1.82, 2.24) is 9.97 Å². The molecule has 0 bridgehead atoms. The number of nitrogens with one attached hydrogen (secondary N) is 1. The highest BCUT2D eigenvalue weighted by molar-refractivity contribution is 5.90. The Bertz CT molecular complexity index is 1110. The summed E-state index contributed by atoms with van der Waals surface area (Å²) in [6, 6.07) is 23.0. The molecular weight excluding hydrogens is 326 g/mol. The third-order valence-corrected chi connectivity index (χ3v) is 4.23. The Hall–Kier alpha value is -3.65. The van der Waals surface area contributed by atoms with Crippen molar-refractivity contribution in [3.8, 4) is 11.8 Å². The summed E-state index contributed by atoms with van der Waals surface area (Å²) in [4.78, 5) is 19.9. The van der Waals surface area contributed by atoms with Crippen molar-refractivity contribution in [2.24, 2.45) is 0 Å². The predicted octanol–water partition coefficient (Wildman–Crippen LogP) is 3.97. The van der Waals surface area contributed by atoms with Gasteiger partial charge in [-0.05, 0) is 35.0 Å². The van der Waals surface area contributed by atoms with E-state index in [2.05, 4.69) is 9.97 Å². The standard InChI is InChI=1S/C21H15N3O2/c22-12-17(21-23-18-7-3-4-8-19(18)24-21)20(25)13-26-16-10-9-14-5-1-2-6-15(14)11-16/h1-11,17H,13H2,(H,23,24)/t17-/m0/s1. The van der Waals surface area contributed by atoms with Gasteiger partial charge in [0, 0.05) is 0 Å². The molecule has 3 aromatic carbocycles. The quantitative estimate of drug-likeness (QED) is 0.596. The Balaban J connectivity index is 1.51. The van der Waals surface area contributed by atoms with Crippen LogP contribution in [0.4, 0.5) is 0 Å². The molecule has 0 aliphatic heterocycles. The van der Waals surface area contributed by atoms with E-state index in [0.717, 1.165) is 21.8 Å². The zero-order valence-corrected chi connectivity index (χ0v) is 13.8. The largest absolute Gasteiger partial charge is 0.486 e. The third-order valence-electron chi connectivity index (χ3n) is 4.23. The molecule has 1 aromatic heterocycles. The summed E-state index contributed by atoms with van der Waals surface area (Å²) in [6.45, 7) is -0.187. The molecule has 0 aliphatic carbocycles. The summed E-state index contributed by atoms with van der Waals surface area (Å²) in [5.74, 6) is -0.373. The lowest BCUT2D eigenvalue weighted by Crippen LogP contribution is -2.20. The highest BCUT2D eigenvalue weighted by Gasteiger charge is 2.24. The van der Waals surface area contributed by atoms with Gasteiger partial charge in [0.1, 0.15) is 18.2 Å². The molecule has 0 spiro atoms. The number of rotatable bonds is 5. The molecule has 5 nitrogen and oxygen atoms in total. The fourth-order valence-electron chi connectivity index (χ4n) is 2.89. The molecule has 4 rings (SSSR count). The van der Waals surface area contributed by atoms with Crippen LogP contribution in [0.2, 0.25) is 0 Å². The number of hydrogen-bond donors (Lipinski definition) is 1. The van der Waals surface area contributed by atoms with E-state index in [1.165, 1.54) is 0 Å². The lowest BCUT2D eigenvalue weighted by Gasteiger charge is -2.09. The summed E-state index contributed by atoms with van der Waals surface area (Å²) < 4.78 is 5.61. The summed E-state index contributed by atoms with van der Waals surface area (Å²) in [5.41, 5.74) is 1.52. The van der Waals surface area contributed by atoms with Gasteiger partial charge in [-0.3, -0.25) is 4.79 Å². The first kappa shape index (κ1) is 15.9. The van der Waals surface area contributed by atoms with Crippen LogP contribution in [0, 0.1) is 11.3 Å². The van der Waals surface area contributed by atoms with Gasteiger partial charge in [-0.25, -0.2) is 4.98 Å². The van der Waals surface area contributed by atoms with Crippen LogP contribution in [0.25, 0.3) is 21.8 Å². The highest BCUT2D eigenvalue weighted by Crippen LogP contribution is 2.22. The van der Waals surface area contributed by atoms with E-state index in [9.17, 15) is 10.1 Å². The van der Waals surface area contributed by atoms with Crippen molar-refractivity contribution < 1.29 is 9.53 Å². The maximum Gasteiger partial charge on any atom is 0.194 e. The van der Waals surface area contributed by atoms with Crippen LogP contribution in [0.15, 0.2) is 66.7 Å². The number of H-pyrrole nitrogens is 1. The number of ether oxygens (including phenoxy) is 1. The predicted molar refractivity (Wildman–Crippen MR) is 98.9 cm³/mol. The fraction of sp³-hybridized carbons (Fsp3) is 0.0952. The van der Waals surface area contributed by atoms with Crippen LogP contribution in [-0.2, 0) is 4.79 Å². The lowest BCUT2D eigenvalue weighted by atomic mass is 10.1. The van der Waals surface area contributed by atoms with Gasteiger partial charge < -0.3 is 9.72 Å². The van der Waals surface area contributed by atoms with Crippen molar-refractivity contribution >= 4 is 27.6 Å². The van der Waals surface area contributed by atoms with E-state index in [1.807, 2.05) is 72.8 Å². The average molecular weight is 341 g/mol. The van der Waals surface area contributed by atoms with Gasteiger partial charge >= 0.3 is 0 Å². The number of benzene rings is 3. The first-order chi connectivity index (χ1) is 12.7. The second kappa shape index (κ2) is 6.69. The van der Waals surface area contributed by atoms with E-state index in [1.54, 1.807) is 0 Å².